The summed E-state index contributed by atoms with van der Waals surface area (Å²) < 4.78 is 6.68. The van der Waals surface area contributed by atoms with Crippen LogP contribution in [0.15, 0.2) is 12.5 Å². The number of carbonyl (C=O) groups excluding carboxylic acids is 1. The zero-order valence-corrected chi connectivity index (χ0v) is 10.0. The maximum absolute atomic E-state index is 12.0. The summed E-state index contributed by atoms with van der Waals surface area (Å²) in [5.41, 5.74) is -0.901. The molecule has 0 aromatic carbocycles. The molecule has 0 saturated carbocycles. The van der Waals surface area contributed by atoms with Crippen LogP contribution < -0.4 is 5.32 Å². The molecule has 1 saturated heterocycles. The Morgan fingerprint density at radius 3 is 2.67 bits per heavy atom. The molecule has 2 N–H and O–H groups in total. The molecule has 1 aromatic heterocycles. The van der Waals surface area contributed by atoms with Crippen molar-refractivity contribution in [3.63, 3.8) is 0 Å². The summed E-state index contributed by atoms with van der Waals surface area (Å²) in [6.07, 6.45) is 3.44. The van der Waals surface area contributed by atoms with Gasteiger partial charge in [0.05, 0.1) is 12.5 Å². The fraction of sp³-hybridized carbons (Fsp3) is 0.545. The second kappa shape index (κ2) is 4.77. The number of aryl methyl sites for hydroxylation is 1. The Hall–Kier alpha value is -1.89. The molecule has 98 valence electrons. The fourth-order valence-corrected chi connectivity index (χ4v) is 1.97. The normalized spacial score (nSPS) is 18.3. The first-order valence-electron chi connectivity index (χ1n) is 5.65. The predicted octanol–water partition coefficient (Wildman–Crippen LogP) is -0.216. The van der Waals surface area contributed by atoms with E-state index >= 15 is 0 Å². The molecule has 0 unspecified atom stereocenters. The predicted molar refractivity (Wildman–Crippen MR) is 61.1 cm³/mol. The van der Waals surface area contributed by atoms with Crippen LogP contribution in [0.25, 0.3) is 0 Å². The highest BCUT2D eigenvalue weighted by Gasteiger charge is 2.42. The minimum absolute atomic E-state index is 0.270. The van der Waals surface area contributed by atoms with Crippen LogP contribution in [0.5, 0.6) is 0 Å². The van der Waals surface area contributed by atoms with E-state index in [0.717, 1.165) is 0 Å². The summed E-state index contributed by atoms with van der Waals surface area (Å²) in [5, 5.41) is 11.9. The van der Waals surface area contributed by atoms with Gasteiger partial charge in [0.2, 0.25) is 0 Å². The molecule has 1 amide bonds. The van der Waals surface area contributed by atoms with Crippen molar-refractivity contribution in [3.05, 3.63) is 18.2 Å². The molecule has 1 aliphatic heterocycles. The average molecular weight is 253 g/mol. The van der Waals surface area contributed by atoms with Crippen molar-refractivity contribution >= 4 is 11.9 Å². The highest BCUT2D eigenvalue weighted by Crippen LogP contribution is 2.21. The van der Waals surface area contributed by atoms with Gasteiger partial charge in [-0.2, -0.15) is 0 Å². The van der Waals surface area contributed by atoms with E-state index < -0.39 is 17.4 Å². The van der Waals surface area contributed by atoms with E-state index in [-0.39, 0.29) is 12.8 Å². The number of carboxylic acid groups (broad SMARTS) is 1. The number of ether oxygens (including phenoxy) is 1. The molecule has 1 fully saturated rings. The quantitative estimate of drug-likeness (QED) is 0.777. The van der Waals surface area contributed by atoms with Crippen molar-refractivity contribution in [2.75, 3.05) is 13.2 Å². The molecule has 1 aromatic rings. The zero-order valence-electron chi connectivity index (χ0n) is 10.0. The van der Waals surface area contributed by atoms with Gasteiger partial charge in [-0.1, -0.05) is 0 Å². The first-order valence-corrected chi connectivity index (χ1v) is 5.65. The number of imidazole rings is 1. The summed E-state index contributed by atoms with van der Waals surface area (Å²) in [7, 11) is 1.68. The second-order valence-corrected chi connectivity index (χ2v) is 4.34. The van der Waals surface area contributed by atoms with Crippen molar-refractivity contribution < 1.29 is 19.4 Å². The van der Waals surface area contributed by atoms with Crippen LogP contribution in [0.2, 0.25) is 0 Å². The molecule has 0 bridgehead atoms. The second-order valence-electron chi connectivity index (χ2n) is 4.34. The summed E-state index contributed by atoms with van der Waals surface area (Å²) in [5.74, 6) is -1.46. The van der Waals surface area contributed by atoms with Gasteiger partial charge in [0.25, 0.3) is 5.91 Å². The highest BCUT2D eigenvalue weighted by molar-refractivity contribution is 5.96. The Morgan fingerprint density at radius 1 is 1.50 bits per heavy atom. The minimum atomic E-state index is -1.24. The van der Waals surface area contributed by atoms with Gasteiger partial charge in [0.1, 0.15) is 11.2 Å². The summed E-state index contributed by atoms with van der Waals surface area (Å²) in [6, 6.07) is 0. The van der Waals surface area contributed by atoms with Gasteiger partial charge in [-0.25, -0.2) is 9.78 Å². The van der Waals surface area contributed by atoms with Crippen LogP contribution in [-0.4, -0.2) is 45.3 Å². The standard InChI is InChI=1S/C11H15N3O4/c1-14-7-12-6-8(14)9(15)13-11(10(16)17)2-4-18-5-3-11/h6-7H,2-5H2,1H3,(H,13,15)(H,16,17). The smallest absolute Gasteiger partial charge is 0.329 e. The molecular formula is C11H15N3O4. The molecule has 2 rings (SSSR count). The Bertz CT molecular complexity index is 463. The largest absolute Gasteiger partial charge is 0.480 e. The monoisotopic (exact) mass is 253 g/mol. The van der Waals surface area contributed by atoms with Crippen molar-refractivity contribution in [2.24, 2.45) is 7.05 Å². The van der Waals surface area contributed by atoms with E-state index in [0.29, 0.717) is 18.9 Å². The third-order valence-corrected chi connectivity index (χ3v) is 3.16. The lowest BCUT2D eigenvalue weighted by Gasteiger charge is -2.33. The first-order chi connectivity index (χ1) is 8.55. The van der Waals surface area contributed by atoms with Gasteiger partial charge in [0, 0.05) is 33.1 Å². The molecule has 7 heteroatoms. The number of carboxylic acids is 1. The lowest BCUT2D eigenvalue weighted by molar-refractivity contribution is -0.148. The molecule has 0 radical (unpaired) electrons. The van der Waals surface area contributed by atoms with E-state index in [1.807, 2.05) is 0 Å². The van der Waals surface area contributed by atoms with Crippen LogP contribution in [0, 0.1) is 0 Å². The molecule has 18 heavy (non-hydrogen) atoms. The maximum atomic E-state index is 12.0. The fourth-order valence-electron chi connectivity index (χ4n) is 1.97. The van der Waals surface area contributed by atoms with Gasteiger partial charge < -0.3 is 19.7 Å². The van der Waals surface area contributed by atoms with E-state index in [1.54, 1.807) is 11.6 Å². The Kier molecular flexibility index (Phi) is 3.33. The SMILES string of the molecule is Cn1cncc1C(=O)NC1(C(=O)O)CCOCC1. The highest BCUT2D eigenvalue weighted by atomic mass is 16.5. The molecule has 0 aliphatic carbocycles. The van der Waals surface area contributed by atoms with Gasteiger partial charge in [-0.3, -0.25) is 4.79 Å². The number of amides is 1. The zero-order chi connectivity index (χ0) is 13.2. The van der Waals surface area contributed by atoms with Gasteiger partial charge in [-0.05, 0) is 0 Å². The van der Waals surface area contributed by atoms with Gasteiger partial charge in [0.15, 0.2) is 0 Å². The number of aromatic nitrogens is 2. The van der Waals surface area contributed by atoms with E-state index in [9.17, 15) is 14.7 Å². The Balaban J connectivity index is 2.17. The van der Waals surface area contributed by atoms with E-state index in [2.05, 4.69) is 10.3 Å². The third kappa shape index (κ3) is 2.21. The Labute approximate surface area is 104 Å². The third-order valence-electron chi connectivity index (χ3n) is 3.16. The minimum Gasteiger partial charge on any atom is -0.480 e. The lowest BCUT2D eigenvalue weighted by Crippen LogP contribution is -2.57. The molecular weight excluding hydrogens is 238 g/mol. The van der Waals surface area contributed by atoms with Crippen LogP contribution in [-0.2, 0) is 16.6 Å². The van der Waals surface area contributed by atoms with E-state index in [1.165, 1.54) is 12.5 Å². The average Bonchev–Trinajstić information content (AvgIpc) is 2.76. The number of aliphatic carboxylic acids is 1. The Morgan fingerprint density at radius 2 is 2.17 bits per heavy atom. The molecule has 1 aliphatic rings. The maximum Gasteiger partial charge on any atom is 0.329 e. The molecule has 0 spiro atoms. The first kappa shape index (κ1) is 12.6. The van der Waals surface area contributed by atoms with Crippen molar-refractivity contribution in [1.29, 1.82) is 0 Å². The van der Waals surface area contributed by atoms with Gasteiger partial charge in [-0.15, -0.1) is 0 Å². The molecule has 0 atom stereocenters. The summed E-state index contributed by atoms with van der Waals surface area (Å²) in [4.78, 5) is 27.2. The molecule has 7 nitrogen and oxygen atoms in total. The van der Waals surface area contributed by atoms with Crippen molar-refractivity contribution in [2.45, 2.75) is 18.4 Å². The van der Waals surface area contributed by atoms with E-state index in [4.69, 9.17) is 4.74 Å². The van der Waals surface area contributed by atoms with Crippen LogP contribution >= 0.6 is 0 Å². The van der Waals surface area contributed by atoms with Crippen molar-refractivity contribution in [3.8, 4) is 0 Å². The van der Waals surface area contributed by atoms with Crippen LogP contribution in [0.3, 0.4) is 0 Å². The van der Waals surface area contributed by atoms with Crippen LogP contribution in [0.4, 0.5) is 0 Å². The number of hydrogen-bond donors (Lipinski definition) is 2. The topological polar surface area (TPSA) is 93.5 Å². The van der Waals surface area contributed by atoms with Gasteiger partial charge >= 0.3 is 5.97 Å². The number of rotatable bonds is 3. The number of carbonyl (C=O) groups is 2. The summed E-state index contributed by atoms with van der Waals surface area (Å²) in [6.45, 7) is 0.663. The molecule has 2 heterocycles. The number of nitrogens with one attached hydrogen (secondary N) is 1. The lowest BCUT2D eigenvalue weighted by atomic mass is 9.90. The van der Waals surface area contributed by atoms with Crippen molar-refractivity contribution in [1.82, 2.24) is 14.9 Å². The summed E-state index contributed by atoms with van der Waals surface area (Å²) >= 11 is 0. The number of hydrogen-bond acceptors (Lipinski definition) is 4. The van der Waals surface area contributed by atoms with Crippen LogP contribution in [0.1, 0.15) is 23.3 Å². The number of nitrogens with zero attached hydrogens (tertiary/aromatic N) is 2.